The fraction of sp³-hybridized carbons (Fsp3) is 1.00. The maximum absolute atomic E-state index is 12.0. The molecule has 1 saturated heterocycles. The van der Waals surface area contributed by atoms with Crippen LogP contribution in [0.5, 0.6) is 0 Å². The largest absolute Gasteiger partial charge is 0.214 e. The standard InChI is InChI=1S/C12H23NO2S/c1-2-10-16(14,15)13-9-8-12(11-13)6-4-3-5-7-12/h2-11H2,1H3. The summed E-state index contributed by atoms with van der Waals surface area (Å²) in [6.07, 6.45) is 8.23. The molecule has 3 nitrogen and oxygen atoms in total. The lowest BCUT2D eigenvalue weighted by atomic mass is 9.74. The van der Waals surface area contributed by atoms with E-state index in [1.165, 1.54) is 32.1 Å². The van der Waals surface area contributed by atoms with E-state index in [1.807, 2.05) is 6.92 Å². The van der Waals surface area contributed by atoms with Crippen LogP contribution < -0.4 is 0 Å². The molecule has 1 heterocycles. The van der Waals surface area contributed by atoms with Crippen LogP contribution in [0.2, 0.25) is 0 Å². The van der Waals surface area contributed by atoms with Gasteiger partial charge in [0.1, 0.15) is 0 Å². The van der Waals surface area contributed by atoms with Crippen LogP contribution in [0.15, 0.2) is 0 Å². The molecule has 1 spiro atoms. The summed E-state index contributed by atoms with van der Waals surface area (Å²) >= 11 is 0. The summed E-state index contributed by atoms with van der Waals surface area (Å²) in [6, 6.07) is 0. The van der Waals surface area contributed by atoms with Crippen LogP contribution >= 0.6 is 0 Å². The molecule has 0 unspecified atom stereocenters. The third-order valence-corrected chi connectivity index (χ3v) is 6.20. The second-order valence-electron chi connectivity index (χ2n) is 5.46. The quantitative estimate of drug-likeness (QED) is 0.765. The molecular formula is C12H23NO2S. The lowest BCUT2D eigenvalue weighted by Gasteiger charge is -2.33. The van der Waals surface area contributed by atoms with Crippen molar-refractivity contribution in [3.8, 4) is 0 Å². The minimum atomic E-state index is -2.95. The van der Waals surface area contributed by atoms with Crippen molar-refractivity contribution in [3.63, 3.8) is 0 Å². The zero-order chi connectivity index (χ0) is 11.6. The Morgan fingerprint density at radius 3 is 2.44 bits per heavy atom. The summed E-state index contributed by atoms with van der Waals surface area (Å²) in [5.41, 5.74) is 0.346. The van der Waals surface area contributed by atoms with E-state index in [4.69, 9.17) is 0 Å². The predicted octanol–water partition coefficient (Wildman–Crippen LogP) is 2.38. The highest BCUT2D eigenvalue weighted by atomic mass is 32.2. The van der Waals surface area contributed by atoms with Gasteiger partial charge in [-0.2, -0.15) is 0 Å². The van der Waals surface area contributed by atoms with Crippen molar-refractivity contribution in [2.45, 2.75) is 51.9 Å². The molecule has 0 bridgehead atoms. The van der Waals surface area contributed by atoms with Crippen LogP contribution in [0, 0.1) is 5.41 Å². The van der Waals surface area contributed by atoms with Crippen molar-refractivity contribution in [3.05, 3.63) is 0 Å². The van der Waals surface area contributed by atoms with Gasteiger partial charge in [0.05, 0.1) is 5.75 Å². The molecule has 94 valence electrons. The normalized spacial score (nSPS) is 26.3. The van der Waals surface area contributed by atoms with Crippen LogP contribution in [0.1, 0.15) is 51.9 Å². The van der Waals surface area contributed by atoms with E-state index in [2.05, 4.69) is 0 Å². The molecule has 0 N–H and O–H groups in total. The lowest BCUT2D eigenvalue weighted by Crippen LogP contribution is -2.34. The fourth-order valence-corrected chi connectivity index (χ4v) is 4.84. The lowest BCUT2D eigenvalue weighted by molar-refractivity contribution is 0.205. The minimum Gasteiger partial charge on any atom is -0.212 e. The Labute approximate surface area is 99.3 Å². The van der Waals surface area contributed by atoms with Gasteiger partial charge in [-0.05, 0) is 31.1 Å². The highest BCUT2D eigenvalue weighted by molar-refractivity contribution is 7.89. The molecule has 2 rings (SSSR count). The van der Waals surface area contributed by atoms with Gasteiger partial charge in [0.2, 0.25) is 10.0 Å². The molecule has 0 aromatic heterocycles. The Morgan fingerprint density at radius 1 is 1.12 bits per heavy atom. The molecule has 1 aliphatic carbocycles. The van der Waals surface area contributed by atoms with Crippen molar-refractivity contribution in [2.24, 2.45) is 5.41 Å². The van der Waals surface area contributed by atoms with Gasteiger partial charge < -0.3 is 0 Å². The van der Waals surface area contributed by atoms with Crippen molar-refractivity contribution in [1.29, 1.82) is 0 Å². The molecule has 2 aliphatic rings. The minimum absolute atomic E-state index is 0.322. The molecule has 0 radical (unpaired) electrons. The second kappa shape index (κ2) is 4.65. The van der Waals surface area contributed by atoms with Crippen LogP contribution in [0.3, 0.4) is 0 Å². The topological polar surface area (TPSA) is 37.4 Å². The maximum atomic E-state index is 12.0. The predicted molar refractivity (Wildman–Crippen MR) is 65.8 cm³/mol. The average Bonchev–Trinajstić information content (AvgIpc) is 2.64. The number of rotatable bonds is 3. The Bertz CT molecular complexity index is 331. The molecule has 2 fully saturated rings. The molecule has 0 amide bonds. The van der Waals surface area contributed by atoms with Gasteiger partial charge in [-0.15, -0.1) is 0 Å². The van der Waals surface area contributed by atoms with Crippen molar-refractivity contribution >= 4 is 10.0 Å². The van der Waals surface area contributed by atoms with Gasteiger partial charge in [-0.25, -0.2) is 12.7 Å². The smallest absolute Gasteiger partial charge is 0.212 e. The Balaban J connectivity index is 2.02. The summed E-state index contributed by atoms with van der Waals surface area (Å²) in [5.74, 6) is 0.322. The molecular weight excluding hydrogens is 222 g/mol. The zero-order valence-electron chi connectivity index (χ0n) is 10.2. The van der Waals surface area contributed by atoms with Gasteiger partial charge in [0.15, 0.2) is 0 Å². The Hall–Kier alpha value is -0.0900. The zero-order valence-corrected chi connectivity index (χ0v) is 11.1. The molecule has 0 aromatic rings. The first-order chi connectivity index (χ1) is 7.58. The molecule has 1 aliphatic heterocycles. The van der Waals surface area contributed by atoms with Crippen molar-refractivity contribution in [1.82, 2.24) is 4.31 Å². The fourth-order valence-electron chi connectivity index (χ4n) is 3.23. The van der Waals surface area contributed by atoms with Gasteiger partial charge in [0, 0.05) is 13.1 Å². The van der Waals surface area contributed by atoms with Gasteiger partial charge >= 0.3 is 0 Å². The first-order valence-electron chi connectivity index (χ1n) is 6.56. The van der Waals surface area contributed by atoms with E-state index < -0.39 is 10.0 Å². The molecule has 1 saturated carbocycles. The first-order valence-corrected chi connectivity index (χ1v) is 8.17. The van der Waals surface area contributed by atoms with Gasteiger partial charge in [-0.3, -0.25) is 0 Å². The first kappa shape index (κ1) is 12.4. The monoisotopic (exact) mass is 245 g/mol. The number of nitrogens with zero attached hydrogens (tertiary/aromatic N) is 1. The SMILES string of the molecule is CCCS(=O)(=O)N1CCC2(CCCCC2)C1. The van der Waals surface area contributed by atoms with Crippen molar-refractivity contribution in [2.75, 3.05) is 18.8 Å². The molecule has 0 atom stereocenters. The Kier molecular flexibility index (Phi) is 3.59. The third kappa shape index (κ3) is 2.43. The van der Waals surface area contributed by atoms with E-state index in [0.29, 0.717) is 11.2 Å². The van der Waals surface area contributed by atoms with Gasteiger partial charge in [-0.1, -0.05) is 26.2 Å². The van der Waals surface area contributed by atoms with Crippen LogP contribution in [-0.4, -0.2) is 31.6 Å². The molecule has 0 aromatic carbocycles. The maximum Gasteiger partial charge on any atom is 0.214 e. The van der Waals surface area contributed by atoms with Crippen molar-refractivity contribution < 1.29 is 8.42 Å². The van der Waals surface area contributed by atoms with E-state index in [-0.39, 0.29) is 0 Å². The number of hydrogen-bond donors (Lipinski definition) is 0. The van der Waals surface area contributed by atoms with E-state index in [0.717, 1.165) is 25.9 Å². The summed E-state index contributed by atoms with van der Waals surface area (Å²) < 4.78 is 25.7. The number of sulfonamides is 1. The van der Waals surface area contributed by atoms with Crippen LogP contribution in [0.4, 0.5) is 0 Å². The second-order valence-corrected chi connectivity index (χ2v) is 7.55. The summed E-state index contributed by atoms with van der Waals surface area (Å²) in [4.78, 5) is 0. The molecule has 4 heteroatoms. The highest BCUT2D eigenvalue weighted by Crippen LogP contribution is 2.44. The average molecular weight is 245 g/mol. The Morgan fingerprint density at radius 2 is 1.81 bits per heavy atom. The summed E-state index contributed by atoms with van der Waals surface area (Å²) in [5, 5.41) is 0. The van der Waals surface area contributed by atoms with E-state index in [9.17, 15) is 8.42 Å². The molecule has 16 heavy (non-hydrogen) atoms. The third-order valence-electron chi connectivity index (χ3n) is 4.17. The number of hydrogen-bond acceptors (Lipinski definition) is 2. The van der Waals surface area contributed by atoms with E-state index >= 15 is 0 Å². The van der Waals surface area contributed by atoms with Crippen LogP contribution in [0.25, 0.3) is 0 Å². The van der Waals surface area contributed by atoms with Gasteiger partial charge in [0.25, 0.3) is 0 Å². The summed E-state index contributed by atoms with van der Waals surface area (Å²) in [7, 11) is -2.95. The van der Waals surface area contributed by atoms with E-state index in [1.54, 1.807) is 4.31 Å². The highest BCUT2D eigenvalue weighted by Gasteiger charge is 2.42. The van der Waals surface area contributed by atoms with Crippen LogP contribution in [-0.2, 0) is 10.0 Å². The summed E-state index contributed by atoms with van der Waals surface area (Å²) in [6.45, 7) is 3.50.